The van der Waals surface area contributed by atoms with Gasteiger partial charge in [-0.05, 0) is 26.3 Å². The molecule has 1 atom stereocenters. The van der Waals surface area contributed by atoms with Gasteiger partial charge >= 0.3 is 6.09 Å². The molecule has 0 aromatic heterocycles. The van der Waals surface area contributed by atoms with E-state index in [0.29, 0.717) is 12.0 Å². The number of likely N-dealkylation sites (tertiary alicyclic amines) is 1. The maximum atomic E-state index is 11.5. The molecule has 2 saturated heterocycles. The fourth-order valence-electron chi connectivity index (χ4n) is 2.45. The van der Waals surface area contributed by atoms with Gasteiger partial charge in [-0.3, -0.25) is 0 Å². The number of carbonyl (C=O) groups is 1. The van der Waals surface area contributed by atoms with Crippen molar-refractivity contribution in [3.8, 4) is 0 Å². The first-order valence-corrected chi connectivity index (χ1v) is 5.38. The van der Waals surface area contributed by atoms with Crippen LogP contribution in [0.25, 0.3) is 0 Å². The van der Waals surface area contributed by atoms with Gasteiger partial charge in [-0.25, -0.2) is 4.79 Å². The maximum Gasteiger partial charge on any atom is 0.409 e. The molecule has 0 aromatic carbocycles. The normalized spacial score (nSPS) is 31.4. The summed E-state index contributed by atoms with van der Waals surface area (Å²) in [7, 11) is 0. The summed E-state index contributed by atoms with van der Waals surface area (Å²) in [6.45, 7) is 6.21. The van der Waals surface area contributed by atoms with Crippen molar-refractivity contribution in [2.75, 3.05) is 32.8 Å². The first kappa shape index (κ1) is 9.77. The Kier molecular flexibility index (Phi) is 2.63. The Hall–Kier alpha value is -0.770. The van der Waals surface area contributed by atoms with E-state index in [-0.39, 0.29) is 6.09 Å². The highest BCUT2D eigenvalue weighted by molar-refractivity contribution is 5.68. The van der Waals surface area contributed by atoms with Crippen molar-refractivity contribution < 1.29 is 9.53 Å². The van der Waals surface area contributed by atoms with Gasteiger partial charge in [0, 0.05) is 25.0 Å². The molecule has 2 heterocycles. The summed E-state index contributed by atoms with van der Waals surface area (Å²) in [6.07, 6.45) is 2.18. The molecule has 2 aliphatic heterocycles. The van der Waals surface area contributed by atoms with E-state index in [9.17, 15) is 4.79 Å². The second-order valence-electron chi connectivity index (χ2n) is 4.30. The van der Waals surface area contributed by atoms with E-state index in [1.807, 2.05) is 11.8 Å². The molecular formula is C10H18N2O2. The van der Waals surface area contributed by atoms with Gasteiger partial charge in [0.25, 0.3) is 0 Å². The van der Waals surface area contributed by atoms with Crippen molar-refractivity contribution in [3.63, 3.8) is 0 Å². The highest BCUT2D eigenvalue weighted by Crippen LogP contribution is 2.36. The predicted molar refractivity (Wildman–Crippen MR) is 53.1 cm³/mol. The number of hydrogen-bond donors (Lipinski definition) is 1. The van der Waals surface area contributed by atoms with Crippen molar-refractivity contribution in [2.24, 2.45) is 5.41 Å². The molecule has 80 valence electrons. The van der Waals surface area contributed by atoms with E-state index in [4.69, 9.17) is 4.74 Å². The predicted octanol–water partition coefficient (Wildman–Crippen LogP) is 0.828. The maximum absolute atomic E-state index is 11.5. The van der Waals surface area contributed by atoms with Crippen LogP contribution in [-0.4, -0.2) is 43.8 Å². The van der Waals surface area contributed by atoms with Gasteiger partial charge in [0.05, 0.1) is 6.61 Å². The number of amides is 1. The van der Waals surface area contributed by atoms with E-state index < -0.39 is 0 Å². The fraction of sp³-hybridized carbons (Fsp3) is 0.900. The highest BCUT2D eigenvalue weighted by Gasteiger charge is 2.42. The molecular weight excluding hydrogens is 180 g/mol. The molecule has 2 aliphatic rings. The molecule has 14 heavy (non-hydrogen) atoms. The molecule has 0 radical (unpaired) electrons. The molecule has 2 fully saturated rings. The van der Waals surface area contributed by atoms with Gasteiger partial charge in [-0.2, -0.15) is 0 Å². The van der Waals surface area contributed by atoms with Crippen LogP contribution >= 0.6 is 0 Å². The standard InChI is InChI=1S/C10H18N2O2/c1-2-14-9(13)12-6-4-10(8-12)3-5-11-7-10/h11H,2-8H2,1H3/t10-/m1/s1. The number of ether oxygens (including phenoxy) is 1. The number of carbonyl (C=O) groups excluding carboxylic acids is 1. The highest BCUT2D eigenvalue weighted by atomic mass is 16.6. The summed E-state index contributed by atoms with van der Waals surface area (Å²) in [5, 5.41) is 3.37. The second-order valence-corrected chi connectivity index (χ2v) is 4.30. The van der Waals surface area contributed by atoms with E-state index in [1.54, 1.807) is 0 Å². The molecule has 0 aliphatic carbocycles. The summed E-state index contributed by atoms with van der Waals surface area (Å²) in [6, 6.07) is 0. The van der Waals surface area contributed by atoms with Crippen LogP contribution in [0, 0.1) is 5.41 Å². The van der Waals surface area contributed by atoms with Crippen LogP contribution in [0.5, 0.6) is 0 Å². The molecule has 1 N–H and O–H groups in total. The minimum Gasteiger partial charge on any atom is -0.450 e. The zero-order valence-electron chi connectivity index (χ0n) is 8.71. The SMILES string of the molecule is CCOC(=O)N1CC[C@@]2(CCNC2)C1. The number of rotatable bonds is 1. The van der Waals surface area contributed by atoms with Gasteiger partial charge in [0.15, 0.2) is 0 Å². The van der Waals surface area contributed by atoms with Crippen LogP contribution in [0.4, 0.5) is 4.79 Å². The first-order chi connectivity index (χ1) is 6.76. The van der Waals surface area contributed by atoms with Crippen molar-refractivity contribution in [3.05, 3.63) is 0 Å². The smallest absolute Gasteiger partial charge is 0.409 e. The summed E-state index contributed by atoms with van der Waals surface area (Å²) in [5.74, 6) is 0. The van der Waals surface area contributed by atoms with E-state index >= 15 is 0 Å². The molecule has 4 heteroatoms. The van der Waals surface area contributed by atoms with Crippen LogP contribution in [0.2, 0.25) is 0 Å². The minimum absolute atomic E-state index is 0.142. The Labute approximate surface area is 84.6 Å². The van der Waals surface area contributed by atoms with Crippen LogP contribution in [0.3, 0.4) is 0 Å². The van der Waals surface area contributed by atoms with E-state index in [0.717, 1.165) is 32.6 Å². The van der Waals surface area contributed by atoms with Gasteiger partial charge in [0.1, 0.15) is 0 Å². The lowest BCUT2D eigenvalue weighted by Gasteiger charge is -2.22. The quantitative estimate of drug-likeness (QED) is 0.678. The topological polar surface area (TPSA) is 41.6 Å². The molecule has 2 rings (SSSR count). The average molecular weight is 198 g/mol. The summed E-state index contributed by atoms with van der Waals surface area (Å²) >= 11 is 0. The van der Waals surface area contributed by atoms with Crippen molar-refractivity contribution in [1.29, 1.82) is 0 Å². The zero-order valence-corrected chi connectivity index (χ0v) is 8.71. The van der Waals surface area contributed by atoms with Crippen LogP contribution < -0.4 is 5.32 Å². The van der Waals surface area contributed by atoms with Gasteiger partial charge in [0.2, 0.25) is 0 Å². The molecule has 4 nitrogen and oxygen atoms in total. The molecule has 0 bridgehead atoms. The Bertz CT molecular complexity index is 224. The van der Waals surface area contributed by atoms with Crippen LogP contribution in [0.1, 0.15) is 19.8 Å². The second kappa shape index (κ2) is 3.77. The van der Waals surface area contributed by atoms with Gasteiger partial charge in [-0.1, -0.05) is 0 Å². The number of hydrogen-bond acceptors (Lipinski definition) is 3. The van der Waals surface area contributed by atoms with Crippen molar-refractivity contribution in [1.82, 2.24) is 10.2 Å². The largest absolute Gasteiger partial charge is 0.450 e. The minimum atomic E-state index is -0.142. The third-order valence-corrected chi connectivity index (χ3v) is 3.30. The van der Waals surface area contributed by atoms with E-state index in [1.165, 1.54) is 6.42 Å². The lowest BCUT2D eigenvalue weighted by Crippen LogP contribution is -2.33. The number of nitrogens with one attached hydrogen (secondary N) is 1. The molecule has 0 unspecified atom stereocenters. The summed E-state index contributed by atoms with van der Waals surface area (Å²) in [5.41, 5.74) is 0.354. The number of nitrogens with zero attached hydrogens (tertiary/aromatic N) is 1. The Morgan fingerprint density at radius 1 is 1.57 bits per heavy atom. The molecule has 0 aromatic rings. The lowest BCUT2D eigenvalue weighted by atomic mass is 9.87. The third-order valence-electron chi connectivity index (χ3n) is 3.30. The van der Waals surface area contributed by atoms with Crippen molar-refractivity contribution >= 4 is 6.09 Å². The summed E-state index contributed by atoms with van der Waals surface area (Å²) in [4.78, 5) is 13.3. The Morgan fingerprint density at radius 3 is 3.07 bits per heavy atom. The van der Waals surface area contributed by atoms with E-state index in [2.05, 4.69) is 5.32 Å². The fourth-order valence-corrected chi connectivity index (χ4v) is 2.45. The molecule has 0 saturated carbocycles. The Balaban J connectivity index is 1.90. The van der Waals surface area contributed by atoms with Crippen LogP contribution in [0.15, 0.2) is 0 Å². The average Bonchev–Trinajstić information content (AvgIpc) is 2.78. The van der Waals surface area contributed by atoms with Crippen molar-refractivity contribution in [2.45, 2.75) is 19.8 Å². The Morgan fingerprint density at radius 2 is 2.43 bits per heavy atom. The molecule has 1 spiro atoms. The van der Waals surface area contributed by atoms with Gasteiger partial charge in [-0.15, -0.1) is 0 Å². The zero-order chi connectivity index (χ0) is 10.0. The monoisotopic (exact) mass is 198 g/mol. The van der Waals surface area contributed by atoms with Gasteiger partial charge < -0.3 is 15.0 Å². The third kappa shape index (κ3) is 1.71. The summed E-state index contributed by atoms with van der Waals surface area (Å²) < 4.78 is 5.00. The first-order valence-electron chi connectivity index (χ1n) is 5.38. The van der Waals surface area contributed by atoms with Crippen LogP contribution in [-0.2, 0) is 4.74 Å². The lowest BCUT2D eigenvalue weighted by molar-refractivity contribution is 0.111. The molecule has 1 amide bonds.